The standard InChI is InChI=1S/C18H16Cl3N5OS/c1-11-10-28-18(23-11)25-6-4-24(5-7-25)15-3-2-12(8-13(15)19)26-17(27)16(21)14(20)9-22-26/h2-3,8-10H,4-7H2,1H3. The van der Waals surface area contributed by atoms with Gasteiger partial charge in [-0.1, -0.05) is 34.8 Å². The minimum Gasteiger partial charge on any atom is -0.367 e. The van der Waals surface area contributed by atoms with Crippen LogP contribution in [0.25, 0.3) is 5.69 Å². The second-order valence-corrected chi connectivity index (χ2v) is 8.43. The van der Waals surface area contributed by atoms with Gasteiger partial charge in [0.1, 0.15) is 5.02 Å². The number of thiazole rings is 1. The van der Waals surface area contributed by atoms with Gasteiger partial charge in [-0.3, -0.25) is 4.79 Å². The van der Waals surface area contributed by atoms with Crippen LogP contribution in [0.3, 0.4) is 0 Å². The fourth-order valence-electron chi connectivity index (χ4n) is 3.11. The summed E-state index contributed by atoms with van der Waals surface area (Å²) in [5, 5.41) is 7.78. The Labute approximate surface area is 180 Å². The molecule has 3 aromatic rings. The van der Waals surface area contributed by atoms with Crippen molar-refractivity contribution < 1.29 is 0 Å². The first-order chi connectivity index (χ1) is 13.4. The summed E-state index contributed by atoms with van der Waals surface area (Å²) in [5.41, 5.74) is 2.03. The molecule has 4 rings (SSSR count). The maximum atomic E-state index is 12.3. The van der Waals surface area contributed by atoms with Gasteiger partial charge in [0.05, 0.1) is 33.3 Å². The molecule has 28 heavy (non-hydrogen) atoms. The number of anilines is 2. The van der Waals surface area contributed by atoms with Gasteiger partial charge in [-0.25, -0.2) is 4.98 Å². The van der Waals surface area contributed by atoms with Crippen molar-refractivity contribution in [2.24, 2.45) is 0 Å². The van der Waals surface area contributed by atoms with Crippen LogP contribution in [0.15, 0.2) is 34.6 Å². The van der Waals surface area contributed by atoms with Crippen molar-refractivity contribution in [3.8, 4) is 5.69 Å². The molecule has 0 radical (unpaired) electrons. The lowest BCUT2D eigenvalue weighted by Gasteiger charge is -2.36. The van der Waals surface area contributed by atoms with Crippen LogP contribution < -0.4 is 15.4 Å². The summed E-state index contributed by atoms with van der Waals surface area (Å²) in [7, 11) is 0. The second-order valence-electron chi connectivity index (χ2n) is 6.40. The van der Waals surface area contributed by atoms with Crippen molar-refractivity contribution in [3.05, 3.63) is 60.9 Å². The third kappa shape index (κ3) is 3.72. The van der Waals surface area contributed by atoms with Crippen LogP contribution in [0.2, 0.25) is 15.1 Å². The number of piperazine rings is 1. The number of nitrogens with zero attached hydrogens (tertiary/aromatic N) is 5. The fraction of sp³-hybridized carbons (Fsp3) is 0.278. The smallest absolute Gasteiger partial charge is 0.291 e. The topological polar surface area (TPSA) is 54.3 Å². The minimum atomic E-state index is -0.481. The van der Waals surface area contributed by atoms with Gasteiger partial charge in [0.2, 0.25) is 0 Å². The molecule has 1 aliphatic rings. The molecule has 1 aliphatic heterocycles. The number of rotatable bonds is 3. The van der Waals surface area contributed by atoms with Crippen molar-refractivity contribution in [2.75, 3.05) is 36.0 Å². The Kier molecular flexibility index (Phi) is 5.51. The normalized spacial score (nSPS) is 14.6. The zero-order valence-corrected chi connectivity index (χ0v) is 18.0. The molecule has 0 spiro atoms. The van der Waals surface area contributed by atoms with E-state index in [0.717, 1.165) is 42.7 Å². The van der Waals surface area contributed by atoms with Crippen LogP contribution >= 0.6 is 46.1 Å². The summed E-state index contributed by atoms with van der Waals surface area (Å²) in [4.78, 5) is 21.4. The van der Waals surface area contributed by atoms with E-state index in [9.17, 15) is 4.79 Å². The number of halogens is 3. The molecular weight excluding hydrogens is 441 g/mol. The second kappa shape index (κ2) is 7.91. The van der Waals surface area contributed by atoms with Crippen LogP contribution in [0.1, 0.15) is 5.69 Å². The fourth-order valence-corrected chi connectivity index (χ4v) is 4.51. The summed E-state index contributed by atoms with van der Waals surface area (Å²) in [6.45, 7) is 5.43. The van der Waals surface area contributed by atoms with Gasteiger partial charge in [0, 0.05) is 31.6 Å². The van der Waals surface area contributed by atoms with E-state index in [4.69, 9.17) is 34.8 Å². The molecule has 0 N–H and O–H groups in total. The van der Waals surface area contributed by atoms with Crippen LogP contribution in [0.4, 0.5) is 10.8 Å². The van der Waals surface area contributed by atoms with Crippen LogP contribution in [0.5, 0.6) is 0 Å². The molecule has 2 aromatic heterocycles. The monoisotopic (exact) mass is 455 g/mol. The highest BCUT2D eigenvalue weighted by atomic mass is 35.5. The highest BCUT2D eigenvalue weighted by Gasteiger charge is 2.21. The minimum absolute atomic E-state index is 0.0644. The molecule has 6 nitrogen and oxygen atoms in total. The first-order valence-corrected chi connectivity index (χ1v) is 10.6. The SMILES string of the molecule is Cc1csc(N2CCN(c3ccc(-n4ncc(Cl)c(Cl)c4=O)cc3Cl)CC2)n1. The number of hydrogen-bond acceptors (Lipinski definition) is 6. The van der Waals surface area contributed by atoms with Gasteiger partial charge >= 0.3 is 0 Å². The van der Waals surface area contributed by atoms with Crippen LogP contribution in [-0.4, -0.2) is 40.9 Å². The van der Waals surface area contributed by atoms with Crippen molar-refractivity contribution in [3.63, 3.8) is 0 Å². The molecule has 0 atom stereocenters. The van der Waals surface area contributed by atoms with Crippen LogP contribution in [0, 0.1) is 6.92 Å². The predicted molar refractivity (Wildman–Crippen MR) is 116 cm³/mol. The summed E-state index contributed by atoms with van der Waals surface area (Å²) in [6, 6.07) is 5.42. The predicted octanol–water partition coefficient (Wildman–Crippen LogP) is 4.28. The van der Waals surface area contributed by atoms with Crippen LogP contribution in [-0.2, 0) is 0 Å². The lowest BCUT2D eigenvalue weighted by Crippen LogP contribution is -2.46. The Bertz CT molecular complexity index is 1080. The molecule has 0 aliphatic carbocycles. The largest absolute Gasteiger partial charge is 0.367 e. The van der Waals surface area contributed by atoms with E-state index in [1.165, 1.54) is 10.9 Å². The Morgan fingerprint density at radius 2 is 1.75 bits per heavy atom. The highest BCUT2D eigenvalue weighted by Crippen LogP contribution is 2.30. The molecule has 0 unspecified atom stereocenters. The van der Waals surface area contributed by atoms with Gasteiger partial charge in [-0.15, -0.1) is 11.3 Å². The molecule has 0 amide bonds. The van der Waals surface area contributed by atoms with Gasteiger partial charge in [-0.2, -0.15) is 9.78 Å². The maximum Gasteiger partial charge on any atom is 0.291 e. The van der Waals surface area contributed by atoms with Gasteiger partial charge < -0.3 is 9.80 Å². The molecule has 146 valence electrons. The first-order valence-electron chi connectivity index (χ1n) is 8.59. The molecule has 10 heteroatoms. The van der Waals surface area contributed by atoms with E-state index in [-0.39, 0.29) is 10.0 Å². The highest BCUT2D eigenvalue weighted by molar-refractivity contribution is 7.13. The lowest BCUT2D eigenvalue weighted by molar-refractivity contribution is 0.651. The van der Waals surface area contributed by atoms with Gasteiger partial charge in [0.15, 0.2) is 5.13 Å². The molecule has 1 saturated heterocycles. The van der Waals surface area contributed by atoms with E-state index in [0.29, 0.717) is 10.7 Å². The van der Waals surface area contributed by atoms with Gasteiger partial charge in [0.25, 0.3) is 5.56 Å². The number of aromatic nitrogens is 3. The van der Waals surface area contributed by atoms with E-state index in [2.05, 4.69) is 25.3 Å². The third-order valence-electron chi connectivity index (χ3n) is 4.55. The zero-order valence-electron chi connectivity index (χ0n) is 14.9. The summed E-state index contributed by atoms with van der Waals surface area (Å²) in [5.74, 6) is 0. The average Bonchev–Trinajstić information content (AvgIpc) is 3.13. The lowest BCUT2D eigenvalue weighted by atomic mass is 10.2. The third-order valence-corrected chi connectivity index (χ3v) is 6.62. The number of hydrogen-bond donors (Lipinski definition) is 0. The molecule has 0 saturated carbocycles. The Hall–Kier alpha value is -1.80. The average molecular weight is 457 g/mol. The van der Waals surface area contributed by atoms with Crippen molar-refractivity contribution >= 4 is 57.0 Å². The maximum absolute atomic E-state index is 12.3. The molecule has 1 aromatic carbocycles. The Morgan fingerprint density at radius 3 is 2.39 bits per heavy atom. The molecule has 1 fully saturated rings. The summed E-state index contributed by atoms with van der Waals surface area (Å²) < 4.78 is 1.19. The van der Waals surface area contributed by atoms with Crippen molar-refractivity contribution in [2.45, 2.75) is 6.92 Å². The van der Waals surface area contributed by atoms with E-state index >= 15 is 0 Å². The van der Waals surface area contributed by atoms with E-state index in [1.807, 2.05) is 13.0 Å². The molecule has 3 heterocycles. The number of aryl methyl sites for hydroxylation is 1. The summed E-state index contributed by atoms with van der Waals surface area (Å²) in [6.07, 6.45) is 1.34. The first kappa shape index (κ1) is 19.5. The zero-order chi connectivity index (χ0) is 19.8. The van der Waals surface area contributed by atoms with Crippen molar-refractivity contribution in [1.82, 2.24) is 14.8 Å². The summed E-state index contributed by atoms with van der Waals surface area (Å²) >= 11 is 20.0. The molecular formula is C18H16Cl3N5OS. The van der Waals surface area contributed by atoms with Gasteiger partial charge in [-0.05, 0) is 25.1 Å². The number of benzene rings is 1. The Balaban J connectivity index is 1.53. The quantitative estimate of drug-likeness (QED) is 0.589. The van der Waals surface area contributed by atoms with E-state index < -0.39 is 5.56 Å². The molecule has 0 bridgehead atoms. The van der Waals surface area contributed by atoms with E-state index in [1.54, 1.807) is 23.5 Å². The van der Waals surface area contributed by atoms with Crippen molar-refractivity contribution in [1.29, 1.82) is 0 Å². The Morgan fingerprint density at radius 1 is 1.04 bits per heavy atom.